The van der Waals surface area contributed by atoms with Crippen LogP contribution in [0.5, 0.6) is 0 Å². The van der Waals surface area contributed by atoms with E-state index in [1.807, 2.05) is 0 Å². The fourth-order valence-electron chi connectivity index (χ4n) is 4.25. The molecule has 0 aromatic heterocycles. The molecule has 0 aromatic rings. The Morgan fingerprint density at radius 2 is 1.81 bits per heavy atom. The third kappa shape index (κ3) is 2.79. The van der Waals surface area contributed by atoms with E-state index in [0.717, 1.165) is 38.8 Å². The van der Waals surface area contributed by atoms with Crippen molar-refractivity contribution in [2.75, 3.05) is 19.6 Å². The van der Waals surface area contributed by atoms with E-state index in [1.165, 1.54) is 11.3 Å². The molecule has 3 fully saturated rings. The molecule has 6 heteroatoms. The second-order valence-electron chi connectivity index (χ2n) is 6.58. The first-order valence-corrected chi connectivity index (χ1v) is 8.03. The zero-order chi connectivity index (χ0) is 15.0. The van der Waals surface area contributed by atoms with Gasteiger partial charge in [-0.25, -0.2) is 4.79 Å². The van der Waals surface area contributed by atoms with Crippen LogP contribution in [-0.2, 0) is 9.59 Å². The molecule has 0 radical (unpaired) electrons. The van der Waals surface area contributed by atoms with Crippen molar-refractivity contribution in [3.63, 3.8) is 0 Å². The lowest BCUT2D eigenvalue weighted by Gasteiger charge is -2.44. The van der Waals surface area contributed by atoms with Gasteiger partial charge in [0.15, 0.2) is 0 Å². The summed E-state index contributed by atoms with van der Waals surface area (Å²) in [5.41, 5.74) is 0. The van der Waals surface area contributed by atoms with Gasteiger partial charge in [0.05, 0.1) is 12.0 Å². The van der Waals surface area contributed by atoms with Crippen molar-refractivity contribution >= 4 is 11.9 Å². The Balaban J connectivity index is 1.75. The molecule has 4 atom stereocenters. The van der Waals surface area contributed by atoms with Gasteiger partial charge in [0.1, 0.15) is 6.04 Å². The monoisotopic (exact) mass is 296 g/mol. The first-order chi connectivity index (χ1) is 10.1. The topological polar surface area (TPSA) is 81.1 Å². The maximum Gasteiger partial charge on any atom is 0.326 e. The molecule has 118 valence electrons. The first-order valence-electron chi connectivity index (χ1n) is 8.03. The molecular formula is C15H24N2O4. The number of carboxylic acid groups (broad SMARTS) is 1. The van der Waals surface area contributed by atoms with Crippen molar-refractivity contribution in [3.05, 3.63) is 0 Å². The number of amides is 1. The molecule has 6 nitrogen and oxygen atoms in total. The second kappa shape index (κ2) is 5.93. The highest BCUT2D eigenvalue weighted by Gasteiger charge is 2.45. The third-order valence-corrected chi connectivity index (χ3v) is 5.25. The standard InChI is InChI=1S/C15H24N2O4/c18-10-8-13(15(20)21)17(9-10)14(19)11-4-3-7-16-6-2-1-5-12(11)16/h10-13,18H,1-9H2,(H,20,21)/t10-,11-,12-,13+/m1/s1. The summed E-state index contributed by atoms with van der Waals surface area (Å²) in [5.74, 6) is -1.15. The summed E-state index contributed by atoms with van der Waals surface area (Å²) < 4.78 is 0. The maximum atomic E-state index is 12.8. The first kappa shape index (κ1) is 14.8. The highest BCUT2D eigenvalue weighted by molar-refractivity contribution is 5.86. The van der Waals surface area contributed by atoms with Gasteiger partial charge in [0.25, 0.3) is 0 Å². The molecule has 21 heavy (non-hydrogen) atoms. The van der Waals surface area contributed by atoms with Gasteiger partial charge >= 0.3 is 5.97 Å². The SMILES string of the molecule is O=C(O)[C@@H]1C[C@@H](O)CN1C(=O)[C@@H]1CCCN2CCCC[C@H]12. The Bertz CT molecular complexity index is 426. The van der Waals surface area contributed by atoms with Crippen LogP contribution >= 0.6 is 0 Å². The number of nitrogens with zero attached hydrogens (tertiary/aromatic N) is 2. The quantitative estimate of drug-likeness (QED) is 0.766. The minimum atomic E-state index is -1.00. The van der Waals surface area contributed by atoms with E-state index >= 15 is 0 Å². The van der Waals surface area contributed by atoms with E-state index in [1.54, 1.807) is 0 Å². The van der Waals surface area contributed by atoms with Crippen LogP contribution in [0.25, 0.3) is 0 Å². The van der Waals surface area contributed by atoms with Crippen molar-refractivity contribution < 1.29 is 19.8 Å². The largest absolute Gasteiger partial charge is 0.480 e. The van der Waals surface area contributed by atoms with Crippen LogP contribution < -0.4 is 0 Å². The van der Waals surface area contributed by atoms with Gasteiger partial charge in [0.2, 0.25) is 5.91 Å². The lowest BCUT2D eigenvalue weighted by Crippen LogP contribution is -2.54. The highest BCUT2D eigenvalue weighted by Crippen LogP contribution is 2.33. The number of β-amino-alcohol motifs (C(OH)–C–C–N with tert-alkyl or cyclic N) is 1. The molecule has 3 saturated heterocycles. The normalized spacial score (nSPS) is 37.3. The van der Waals surface area contributed by atoms with E-state index in [4.69, 9.17) is 0 Å². The number of hydrogen-bond donors (Lipinski definition) is 2. The number of aliphatic hydroxyl groups is 1. The van der Waals surface area contributed by atoms with Crippen LogP contribution in [0.2, 0.25) is 0 Å². The molecule has 3 heterocycles. The summed E-state index contributed by atoms with van der Waals surface area (Å²) in [4.78, 5) is 28.0. The minimum absolute atomic E-state index is 0.0597. The molecule has 0 unspecified atom stereocenters. The highest BCUT2D eigenvalue weighted by atomic mass is 16.4. The van der Waals surface area contributed by atoms with Crippen molar-refractivity contribution in [1.29, 1.82) is 0 Å². The Morgan fingerprint density at radius 3 is 2.57 bits per heavy atom. The summed E-state index contributed by atoms with van der Waals surface area (Å²) in [6, 6.07) is -0.585. The van der Waals surface area contributed by atoms with Gasteiger partial charge in [-0.05, 0) is 38.8 Å². The van der Waals surface area contributed by atoms with Crippen LogP contribution in [0.15, 0.2) is 0 Å². The number of carbonyl (C=O) groups is 2. The molecule has 0 saturated carbocycles. The molecule has 0 spiro atoms. The Kier molecular flexibility index (Phi) is 4.17. The Hall–Kier alpha value is -1.14. The van der Waals surface area contributed by atoms with E-state index in [0.29, 0.717) is 0 Å². The second-order valence-corrected chi connectivity index (χ2v) is 6.58. The fraction of sp³-hybridized carbons (Fsp3) is 0.867. The molecule has 3 aliphatic rings. The number of rotatable bonds is 2. The zero-order valence-electron chi connectivity index (χ0n) is 12.3. The number of fused-ring (bicyclic) bond motifs is 1. The summed E-state index contributed by atoms with van der Waals surface area (Å²) in [5, 5.41) is 19.0. The number of hydrogen-bond acceptors (Lipinski definition) is 4. The predicted octanol–water partition coefficient (Wildman–Crippen LogP) is 0.297. The minimum Gasteiger partial charge on any atom is -0.480 e. The zero-order valence-corrected chi connectivity index (χ0v) is 12.3. The van der Waals surface area contributed by atoms with Gasteiger partial charge in [-0.2, -0.15) is 0 Å². The lowest BCUT2D eigenvalue weighted by atomic mass is 9.82. The maximum absolute atomic E-state index is 12.8. The molecule has 0 bridgehead atoms. The number of piperidine rings is 2. The average Bonchev–Trinajstić information content (AvgIpc) is 2.88. The van der Waals surface area contributed by atoms with Gasteiger partial charge in [-0.15, -0.1) is 0 Å². The molecule has 1 amide bonds. The molecule has 3 rings (SSSR count). The third-order valence-electron chi connectivity index (χ3n) is 5.25. The number of aliphatic carboxylic acids is 1. The van der Waals surface area contributed by atoms with Gasteiger partial charge in [0, 0.05) is 19.0 Å². The van der Waals surface area contributed by atoms with E-state index < -0.39 is 18.1 Å². The van der Waals surface area contributed by atoms with Crippen LogP contribution in [0.1, 0.15) is 38.5 Å². The van der Waals surface area contributed by atoms with Crippen LogP contribution in [0, 0.1) is 5.92 Å². The summed E-state index contributed by atoms with van der Waals surface area (Å²) in [7, 11) is 0. The van der Waals surface area contributed by atoms with Crippen LogP contribution in [0.3, 0.4) is 0 Å². The summed E-state index contributed by atoms with van der Waals surface area (Å²) >= 11 is 0. The number of carboxylic acids is 1. The summed E-state index contributed by atoms with van der Waals surface area (Å²) in [6.07, 6.45) is 4.67. The molecule has 0 aromatic carbocycles. The molecule has 3 aliphatic heterocycles. The van der Waals surface area contributed by atoms with E-state index in [-0.39, 0.29) is 30.8 Å². The van der Waals surface area contributed by atoms with Crippen molar-refractivity contribution in [2.24, 2.45) is 5.92 Å². The van der Waals surface area contributed by atoms with E-state index in [2.05, 4.69) is 4.90 Å². The number of carbonyl (C=O) groups excluding carboxylic acids is 1. The summed E-state index contributed by atoms with van der Waals surface area (Å²) in [6.45, 7) is 2.28. The Labute approximate surface area is 124 Å². The van der Waals surface area contributed by atoms with Crippen molar-refractivity contribution in [2.45, 2.75) is 56.7 Å². The smallest absolute Gasteiger partial charge is 0.326 e. The van der Waals surface area contributed by atoms with Crippen molar-refractivity contribution in [3.8, 4) is 0 Å². The predicted molar refractivity (Wildman–Crippen MR) is 75.7 cm³/mol. The van der Waals surface area contributed by atoms with Gasteiger partial charge < -0.3 is 15.1 Å². The number of aliphatic hydroxyl groups excluding tert-OH is 1. The fourth-order valence-corrected chi connectivity index (χ4v) is 4.25. The van der Waals surface area contributed by atoms with E-state index in [9.17, 15) is 19.8 Å². The molecular weight excluding hydrogens is 272 g/mol. The Morgan fingerprint density at radius 1 is 1.05 bits per heavy atom. The molecule has 2 N–H and O–H groups in total. The lowest BCUT2D eigenvalue weighted by molar-refractivity contribution is -0.152. The molecule has 0 aliphatic carbocycles. The van der Waals surface area contributed by atoms with Gasteiger partial charge in [-0.1, -0.05) is 6.42 Å². The van der Waals surface area contributed by atoms with Crippen LogP contribution in [0.4, 0.5) is 0 Å². The number of likely N-dealkylation sites (tertiary alicyclic amines) is 1. The van der Waals surface area contributed by atoms with Crippen LogP contribution in [-0.4, -0.2) is 69.7 Å². The average molecular weight is 296 g/mol. The van der Waals surface area contributed by atoms with Gasteiger partial charge in [-0.3, -0.25) is 9.69 Å². The van der Waals surface area contributed by atoms with Crippen molar-refractivity contribution in [1.82, 2.24) is 9.80 Å².